The number of nitrogens with zero attached hydrogens (tertiary/aromatic N) is 1. The summed E-state index contributed by atoms with van der Waals surface area (Å²) in [4.78, 5) is 3.84. The van der Waals surface area contributed by atoms with E-state index >= 15 is 0 Å². The lowest BCUT2D eigenvalue weighted by Gasteiger charge is -2.31. The second kappa shape index (κ2) is 8.11. The van der Waals surface area contributed by atoms with E-state index in [1.165, 1.54) is 49.2 Å². The summed E-state index contributed by atoms with van der Waals surface area (Å²) in [6.45, 7) is 8.91. The molecule has 1 atom stereocenters. The minimum absolute atomic E-state index is 0.133. The summed E-state index contributed by atoms with van der Waals surface area (Å²) in [6, 6.07) is 30.1. The van der Waals surface area contributed by atoms with Crippen LogP contribution in [0.3, 0.4) is 0 Å². The van der Waals surface area contributed by atoms with Gasteiger partial charge in [-0.25, -0.2) is 0 Å². The average molecular weight is 462 g/mol. The predicted molar refractivity (Wildman–Crippen MR) is 146 cm³/mol. The monoisotopic (exact) mass is 461 g/mol. The van der Waals surface area contributed by atoms with Crippen LogP contribution in [0.2, 0.25) is 0 Å². The Bertz CT molecular complexity index is 1560. The van der Waals surface area contributed by atoms with Crippen molar-refractivity contribution in [3.8, 4) is 0 Å². The highest BCUT2D eigenvalue weighted by Gasteiger charge is 2.37. The normalized spacial score (nSPS) is 16.2. The topological polar surface area (TPSA) is 16.4 Å². The minimum Gasteiger partial charge on any atom is -0.454 e. The Morgan fingerprint density at radius 2 is 1.38 bits per heavy atom. The number of anilines is 1. The second-order valence-electron chi connectivity index (χ2n) is 9.13. The highest BCUT2D eigenvalue weighted by Crippen LogP contribution is 2.56. The molecule has 1 unspecified atom stereocenters. The number of aryl methyl sites for hydroxylation is 3. The van der Waals surface area contributed by atoms with Crippen molar-refractivity contribution in [3.63, 3.8) is 0 Å². The zero-order chi connectivity index (χ0) is 23.4. The third-order valence-corrected chi connectivity index (χ3v) is 8.38. The van der Waals surface area contributed by atoms with Crippen LogP contribution in [-0.2, 0) is 0 Å². The van der Waals surface area contributed by atoms with Crippen LogP contribution in [0.1, 0.15) is 40.1 Å². The Balaban J connectivity index is 1.65. The molecule has 2 nitrogen and oxygen atoms in total. The smallest absolute Gasteiger partial charge is 0.159 e. The van der Waals surface area contributed by atoms with Crippen molar-refractivity contribution in [1.29, 1.82) is 0 Å². The van der Waals surface area contributed by atoms with Crippen LogP contribution in [0, 0.1) is 20.8 Å². The lowest BCUT2D eigenvalue weighted by molar-refractivity contribution is 0.666. The van der Waals surface area contributed by atoms with Crippen molar-refractivity contribution in [2.24, 2.45) is 0 Å². The van der Waals surface area contributed by atoms with Gasteiger partial charge in [-0.3, -0.25) is 0 Å². The fraction of sp³-hybridized carbons (Fsp3) is 0.161. The molecule has 2 heterocycles. The van der Waals surface area contributed by atoms with Crippen LogP contribution < -0.4 is 4.90 Å². The van der Waals surface area contributed by atoms with Crippen LogP contribution in [0.25, 0.3) is 26.8 Å². The van der Waals surface area contributed by atoms with Gasteiger partial charge >= 0.3 is 0 Å². The van der Waals surface area contributed by atoms with E-state index in [4.69, 9.17) is 4.42 Å². The zero-order valence-corrected chi connectivity index (χ0v) is 20.7. The lowest BCUT2D eigenvalue weighted by atomic mass is 10.0. The van der Waals surface area contributed by atoms with Gasteiger partial charge in [0.2, 0.25) is 0 Å². The van der Waals surface area contributed by atoms with Crippen LogP contribution in [0.15, 0.2) is 95.0 Å². The van der Waals surface area contributed by atoms with E-state index in [0.717, 1.165) is 16.9 Å². The van der Waals surface area contributed by atoms with E-state index in [2.05, 4.69) is 111 Å². The van der Waals surface area contributed by atoms with Crippen molar-refractivity contribution >= 4 is 44.3 Å². The summed E-state index contributed by atoms with van der Waals surface area (Å²) in [5.74, 6) is 0. The molecule has 0 saturated heterocycles. The Morgan fingerprint density at radius 1 is 0.676 bits per heavy atom. The van der Waals surface area contributed by atoms with Gasteiger partial charge in [0.05, 0.1) is 5.69 Å². The van der Waals surface area contributed by atoms with E-state index in [9.17, 15) is 0 Å². The number of benzene rings is 4. The quantitative estimate of drug-likeness (QED) is 0.266. The van der Waals surface area contributed by atoms with Crippen molar-refractivity contribution in [2.45, 2.75) is 33.1 Å². The van der Waals surface area contributed by atoms with Gasteiger partial charge in [-0.2, -0.15) is 0 Å². The Morgan fingerprint density at radius 3 is 2.15 bits per heavy atom. The number of furan rings is 1. The molecule has 0 spiro atoms. The van der Waals surface area contributed by atoms with Gasteiger partial charge in [0.25, 0.3) is 0 Å². The van der Waals surface area contributed by atoms with Crippen molar-refractivity contribution < 1.29 is 4.42 Å². The molecule has 3 heteroatoms. The molecule has 0 fully saturated rings. The minimum atomic E-state index is 0.133. The molecule has 0 saturated carbocycles. The third-order valence-electron chi connectivity index (χ3n) is 6.94. The maximum atomic E-state index is 6.54. The van der Waals surface area contributed by atoms with Gasteiger partial charge in [0.1, 0.15) is 11.0 Å². The van der Waals surface area contributed by atoms with E-state index in [0.29, 0.717) is 0 Å². The number of hydrogen-bond acceptors (Lipinski definition) is 3. The lowest BCUT2D eigenvalue weighted by Crippen LogP contribution is -2.23. The van der Waals surface area contributed by atoms with Gasteiger partial charge in [0.15, 0.2) is 5.58 Å². The van der Waals surface area contributed by atoms with Crippen molar-refractivity contribution in [3.05, 3.63) is 118 Å². The highest BCUT2D eigenvalue weighted by atomic mass is 32.2. The predicted octanol–water partition coefficient (Wildman–Crippen LogP) is 9.15. The molecule has 0 radical (unpaired) electrons. The number of hydrogen-bond donors (Lipinski definition) is 0. The first kappa shape index (κ1) is 21.1. The average Bonchev–Trinajstić information content (AvgIpc) is 3.38. The SMILES string of the molecule is CC1=C(c2ccccc2)SC(c2c(C)cccc2C)N1c1c(C)ccc2c1oc1ccccc12. The second-order valence-corrected chi connectivity index (χ2v) is 10.2. The summed E-state index contributed by atoms with van der Waals surface area (Å²) in [5.41, 5.74) is 10.8. The number of fused-ring (bicyclic) bond motifs is 3. The Hall–Kier alpha value is -3.43. The summed E-state index contributed by atoms with van der Waals surface area (Å²) >= 11 is 1.94. The van der Waals surface area contributed by atoms with E-state index in [1.807, 2.05) is 17.8 Å². The third kappa shape index (κ3) is 3.19. The van der Waals surface area contributed by atoms with Gasteiger partial charge in [0, 0.05) is 21.4 Å². The van der Waals surface area contributed by atoms with Gasteiger partial charge in [-0.1, -0.05) is 90.6 Å². The summed E-state index contributed by atoms with van der Waals surface area (Å²) in [6.07, 6.45) is 0. The Kier molecular flexibility index (Phi) is 5.04. The largest absolute Gasteiger partial charge is 0.454 e. The molecular formula is C31H27NOS. The maximum Gasteiger partial charge on any atom is 0.159 e. The first-order chi connectivity index (χ1) is 16.5. The standard InChI is InChI=1S/C31H27NOS/c1-19-11-10-12-20(2)27(19)31-32(22(4)30(34-31)23-13-6-5-7-14-23)28-21(3)17-18-25-24-15-8-9-16-26(24)33-29(25)28/h5-18,31H,1-4H3. The van der Waals surface area contributed by atoms with Gasteiger partial charge in [-0.05, 0) is 61.6 Å². The molecule has 0 aliphatic carbocycles. The van der Waals surface area contributed by atoms with Crippen molar-refractivity contribution in [1.82, 2.24) is 0 Å². The molecule has 34 heavy (non-hydrogen) atoms. The molecule has 6 rings (SSSR count). The van der Waals surface area contributed by atoms with Crippen LogP contribution >= 0.6 is 11.8 Å². The van der Waals surface area contributed by atoms with E-state index in [-0.39, 0.29) is 5.37 Å². The van der Waals surface area contributed by atoms with Gasteiger partial charge < -0.3 is 9.32 Å². The van der Waals surface area contributed by atoms with Gasteiger partial charge in [-0.15, -0.1) is 0 Å². The van der Waals surface area contributed by atoms with E-state index < -0.39 is 0 Å². The maximum absolute atomic E-state index is 6.54. The zero-order valence-electron chi connectivity index (χ0n) is 19.9. The molecule has 1 aliphatic heterocycles. The molecular weight excluding hydrogens is 434 g/mol. The van der Waals surface area contributed by atoms with Crippen molar-refractivity contribution in [2.75, 3.05) is 4.90 Å². The molecule has 0 N–H and O–H groups in total. The molecule has 0 bridgehead atoms. The summed E-state index contributed by atoms with van der Waals surface area (Å²) in [5, 5.41) is 2.47. The number of thioether (sulfide) groups is 1. The number of para-hydroxylation sites is 1. The molecule has 1 aromatic heterocycles. The van der Waals surface area contributed by atoms with E-state index in [1.54, 1.807) is 0 Å². The number of allylic oxidation sites excluding steroid dienone is 1. The number of rotatable bonds is 3. The fourth-order valence-electron chi connectivity index (χ4n) is 5.26. The molecule has 1 aliphatic rings. The Labute approximate surface area is 204 Å². The fourth-order valence-corrected chi connectivity index (χ4v) is 6.89. The first-order valence-corrected chi connectivity index (χ1v) is 12.6. The molecule has 5 aromatic rings. The van der Waals surface area contributed by atoms with Crippen LogP contribution in [0.5, 0.6) is 0 Å². The summed E-state index contributed by atoms with van der Waals surface area (Å²) < 4.78 is 6.54. The molecule has 0 amide bonds. The highest BCUT2D eigenvalue weighted by molar-refractivity contribution is 8.09. The molecule has 4 aromatic carbocycles. The van der Waals surface area contributed by atoms with Crippen LogP contribution in [0.4, 0.5) is 5.69 Å². The molecule has 168 valence electrons. The van der Waals surface area contributed by atoms with Crippen LogP contribution in [-0.4, -0.2) is 0 Å². The summed E-state index contributed by atoms with van der Waals surface area (Å²) in [7, 11) is 0. The first-order valence-electron chi connectivity index (χ1n) is 11.7.